The molecule has 0 fully saturated rings. The monoisotopic (exact) mass is 168 g/mol. The first kappa shape index (κ1) is 9.29. The maximum Gasteiger partial charge on any atom is 0.103 e. The van der Waals surface area contributed by atoms with E-state index in [4.69, 9.17) is 10.3 Å². The Hall–Kier alpha value is -0.800. The van der Waals surface area contributed by atoms with Crippen molar-refractivity contribution in [2.45, 2.75) is 32.2 Å². The second-order valence-corrected chi connectivity index (χ2v) is 2.89. The van der Waals surface area contributed by atoms with Crippen LogP contribution in [-0.4, -0.2) is 6.04 Å². The third-order valence-electron chi connectivity index (χ3n) is 2.05. The highest BCUT2D eigenvalue weighted by atomic mass is 16.3. The van der Waals surface area contributed by atoms with Gasteiger partial charge < -0.3 is 4.42 Å². The van der Waals surface area contributed by atoms with Crippen LogP contribution < -0.4 is 11.3 Å². The Kier molecular flexibility index (Phi) is 3.84. The summed E-state index contributed by atoms with van der Waals surface area (Å²) in [5.41, 5.74) is 2.77. The second-order valence-electron chi connectivity index (χ2n) is 2.89. The predicted molar refractivity (Wildman–Crippen MR) is 48.4 cm³/mol. The molecule has 0 aliphatic rings. The molecule has 1 aromatic heterocycles. The van der Waals surface area contributed by atoms with E-state index in [1.807, 2.05) is 12.1 Å². The highest BCUT2D eigenvalue weighted by molar-refractivity contribution is 4.98. The Balaban J connectivity index is 2.25. The van der Waals surface area contributed by atoms with Crippen molar-refractivity contribution in [1.82, 2.24) is 5.43 Å². The molecule has 68 valence electrons. The summed E-state index contributed by atoms with van der Waals surface area (Å²) in [6.45, 7) is 2.12. The van der Waals surface area contributed by atoms with Gasteiger partial charge in [-0.15, -0.1) is 0 Å². The first-order valence-electron chi connectivity index (χ1n) is 4.35. The van der Waals surface area contributed by atoms with Gasteiger partial charge in [-0.3, -0.25) is 11.3 Å². The summed E-state index contributed by atoms with van der Waals surface area (Å²) < 4.78 is 5.20. The molecule has 0 saturated heterocycles. The molecule has 1 heterocycles. The van der Waals surface area contributed by atoms with Crippen molar-refractivity contribution in [3.8, 4) is 0 Å². The Morgan fingerprint density at radius 2 is 2.50 bits per heavy atom. The highest BCUT2D eigenvalue weighted by Gasteiger charge is 2.04. The maximum atomic E-state index is 5.34. The fraction of sp³-hybridized carbons (Fsp3) is 0.556. The summed E-state index contributed by atoms with van der Waals surface area (Å²) >= 11 is 0. The van der Waals surface area contributed by atoms with Gasteiger partial charge in [0.2, 0.25) is 0 Å². The van der Waals surface area contributed by atoms with Crippen molar-refractivity contribution in [2.24, 2.45) is 5.84 Å². The number of hydrazine groups is 1. The Labute approximate surface area is 72.9 Å². The summed E-state index contributed by atoms with van der Waals surface area (Å²) in [4.78, 5) is 0. The Bertz CT molecular complexity index is 192. The van der Waals surface area contributed by atoms with E-state index in [9.17, 15) is 0 Å². The number of rotatable bonds is 5. The van der Waals surface area contributed by atoms with Gasteiger partial charge in [0.1, 0.15) is 5.76 Å². The van der Waals surface area contributed by atoms with Gasteiger partial charge in [0, 0.05) is 12.5 Å². The molecule has 0 bridgehead atoms. The summed E-state index contributed by atoms with van der Waals surface area (Å²) in [7, 11) is 0. The highest BCUT2D eigenvalue weighted by Crippen LogP contribution is 2.06. The van der Waals surface area contributed by atoms with Crippen LogP contribution in [0.5, 0.6) is 0 Å². The van der Waals surface area contributed by atoms with Crippen LogP contribution in [0.4, 0.5) is 0 Å². The summed E-state index contributed by atoms with van der Waals surface area (Å²) in [5, 5.41) is 0. The third-order valence-corrected chi connectivity index (χ3v) is 2.05. The quantitative estimate of drug-likeness (QED) is 0.517. The maximum absolute atomic E-state index is 5.34. The summed E-state index contributed by atoms with van der Waals surface area (Å²) in [6.07, 6.45) is 4.74. The van der Waals surface area contributed by atoms with E-state index >= 15 is 0 Å². The topological polar surface area (TPSA) is 51.2 Å². The molecule has 0 aromatic carbocycles. The molecule has 0 aliphatic carbocycles. The molecule has 12 heavy (non-hydrogen) atoms. The van der Waals surface area contributed by atoms with Crippen molar-refractivity contribution in [3.05, 3.63) is 24.2 Å². The molecular weight excluding hydrogens is 152 g/mol. The zero-order chi connectivity index (χ0) is 8.81. The zero-order valence-electron chi connectivity index (χ0n) is 7.42. The minimum atomic E-state index is 0.398. The number of nitrogens with two attached hydrogens (primary N) is 1. The van der Waals surface area contributed by atoms with Crippen LogP contribution in [-0.2, 0) is 6.42 Å². The normalized spacial score (nSPS) is 13.2. The largest absolute Gasteiger partial charge is 0.469 e. The fourth-order valence-electron chi connectivity index (χ4n) is 1.18. The van der Waals surface area contributed by atoms with Crippen LogP contribution in [0.15, 0.2) is 22.8 Å². The van der Waals surface area contributed by atoms with Gasteiger partial charge in [-0.1, -0.05) is 6.92 Å². The van der Waals surface area contributed by atoms with Gasteiger partial charge >= 0.3 is 0 Å². The molecule has 1 aromatic rings. The van der Waals surface area contributed by atoms with Crippen LogP contribution >= 0.6 is 0 Å². The van der Waals surface area contributed by atoms with Gasteiger partial charge in [0.15, 0.2) is 0 Å². The van der Waals surface area contributed by atoms with Crippen molar-refractivity contribution in [1.29, 1.82) is 0 Å². The second kappa shape index (κ2) is 4.95. The van der Waals surface area contributed by atoms with Crippen LogP contribution in [0.3, 0.4) is 0 Å². The van der Waals surface area contributed by atoms with Crippen LogP contribution in [0.1, 0.15) is 25.5 Å². The molecule has 0 saturated carbocycles. The number of nitrogens with one attached hydrogen (secondary N) is 1. The molecule has 0 spiro atoms. The van der Waals surface area contributed by atoms with Crippen LogP contribution in [0.25, 0.3) is 0 Å². The Morgan fingerprint density at radius 3 is 3.00 bits per heavy atom. The van der Waals surface area contributed by atoms with Gasteiger partial charge in [0.05, 0.1) is 6.26 Å². The van der Waals surface area contributed by atoms with Gasteiger partial charge in [-0.05, 0) is 25.0 Å². The van der Waals surface area contributed by atoms with Gasteiger partial charge in [-0.25, -0.2) is 0 Å². The van der Waals surface area contributed by atoms with E-state index in [2.05, 4.69) is 12.3 Å². The summed E-state index contributed by atoms with van der Waals surface area (Å²) in [5.74, 6) is 6.37. The number of hydrogen-bond donors (Lipinski definition) is 2. The average Bonchev–Trinajstić information content (AvgIpc) is 2.59. The molecule has 0 amide bonds. The van der Waals surface area contributed by atoms with E-state index in [0.29, 0.717) is 6.04 Å². The smallest absolute Gasteiger partial charge is 0.103 e. The van der Waals surface area contributed by atoms with E-state index in [0.717, 1.165) is 25.0 Å². The van der Waals surface area contributed by atoms with Crippen LogP contribution in [0.2, 0.25) is 0 Å². The zero-order valence-corrected chi connectivity index (χ0v) is 7.42. The lowest BCUT2D eigenvalue weighted by Crippen LogP contribution is -2.34. The minimum Gasteiger partial charge on any atom is -0.469 e. The fourth-order valence-corrected chi connectivity index (χ4v) is 1.18. The first-order chi connectivity index (χ1) is 5.86. The van der Waals surface area contributed by atoms with E-state index in [-0.39, 0.29) is 0 Å². The van der Waals surface area contributed by atoms with Crippen molar-refractivity contribution >= 4 is 0 Å². The van der Waals surface area contributed by atoms with E-state index in [1.165, 1.54) is 0 Å². The average molecular weight is 168 g/mol. The number of furan rings is 1. The lowest BCUT2D eigenvalue weighted by atomic mass is 10.1. The first-order valence-corrected chi connectivity index (χ1v) is 4.35. The standard InChI is InChI=1S/C9H16N2O/c1-2-8(11-10)5-6-9-4-3-7-12-9/h3-4,7-8,11H,2,5-6,10H2,1H3. The molecular formula is C9H16N2O. The van der Waals surface area contributed by atoms with Crippen LogP contribution in [0, 0.1) is 0 Å². The SMILES string of the molecule is CCC(CCc1ccco1)NN. The van der Waals surface area contributed by atoms with Gasteiger partial charge in [0.25, 0.3) is 0 Å². The number of hydrogen-bond acceptors (Lipinski definition) is 3. The lowest BCUT2D eigenvalue weighted by Gasteiger charge is -2.11. The van der Waals surface area contributed by atoms with Crippen molar-refractivity contribution < 1.29 is 4.42 Å². The molecule has 0 radical (unpaired) electrons. The molecule has 1 rings (SSSR count). The molecule has 1 atom stereocenters. The number of aryl methyl sites for hydroxylation is 1. The molecule has 1 unspecified atom stereocenters. The molecule has 3 heteroatoms. The molecule has 3 N–H and O–H groups in total. The van der Waals surface area contributed by atoms with Gasteiger partial charge in [-0.2, -0.15) is 0 Å². The minimum absolute atomic E-state index is 0.398. The third kappa shape index (κ3) is 2.68. The predicted octanol–water partition coefficient (Wildman–Crippen LogP) is 1.45. The Morgan fingerprint density at radius 1 is 1.67 bits per heavy atom. The molecule has 0 aliphatic heterocycles. The molecule has 3 nitrogen and oxygen atoms in total. The van der Waals surface area contributed by atoms with E-state index in [1.54, 1.807) is 6.26 Å². The van der Waals surface area contributed by atoms with Crippen molar-refractivity contribution in [3.63, 3.8) is 0 Å². The lowest BCUT2D eigenvalue weighted by molar-refractivity contribution is 0.442. The van der Waals surface area contributed by atoms with E-state index < -0.39 is 0 Å². The summed E-state index contributed by atoms with van der Waals surface area (Å²) in [6, 6.07) is 4.30. The van der Waals surface area contributed by atoms with Crippen molar-refractivity contribution in [2.75, 3.05) is 0 Å².